The molecular weight excluding hydrogens is 356 g/mol. The molecule has 0 saturated carbocycles. The molecule has 2 aromatic rings. The first kappa shape index (κ1) is 21.5. The first-order chi connectivity index (χ1) is 13.6. The number of nitrogens with zero attached hydrogens (tertiary/aromatic N) is 4. The number of non-ortho nitro benzene ring substituents is 1. The molecule has 0 atom stereocenters. The first-order valence-corrected chi connectivity index (χ1v) is 9.68. The number of azo groups is 1. The average Bonchev–Trinajstić information content (AvgIpc) is 2.72. The lowest BCUT2D eigenvalue weighted by Crippen LogP contribution is -2.18. The first-order valence-electron chi connectivity index (χ1n) is 9.68. The molecule has 0 radical (unpaired) electrons. The average molecular weight is 384 g/mol. The molecule has 7 nitrogen and oxygen atoms in total. The maximum absolute atomic E-state index is 10.7. The topological polar surface area (TPSA) is 91.3 Å². The number of aliphatic hydroxyl groups is 1. The fourth-order valence-corrected chi connectivity index (χ4v) is 2.83. The Kier molecular flexibility index (Phi) is 9.07. The lowest BCUT2D eigenvalue weighted by molar-refractivity contribution is -0.384. The molecule has 7 heteroatoms. The van der Waals surface area contributed by atoms with Crippen LogP contribution in [0.3, 0.4) is 0 Å². The fourth-order valence-electron chi connectivity index (χ4n) is 2.83. The lowest BCUT2D eigenvalue weighted by atomic mass is 10.1. The molecule has 0 amide bonds. The second kappa shape index (κ2) is 11.8. The van der Waals surface area contributed by atoms with Gasteiger partial charge in [0.15, 0.2) is 0 Å². The number of rotatable bonds is 12. The summed E-state index contributed by atoms with van der Waals surface area (Å²) < 4.78 is 0. The van der Waals surface area contributed by atoms with Crippen LogP contribution in [-0.2, 0) is 0 Å². The van der Waals surface area contributed by atoms with E-state index in [0.717, 1.165) is 37.2 Å². The highest BCUT2D eigenvalue weighted by molar-refractivity contribution is 5.52. The number of aliphatic hydroxyl groups excluding tert-OH is 1. The SMILES string of the molecule is CN(CCCCCCCCO)c1ccc(N=Nc2ccc([N+](=O)[O-])cc2)cc1. The van der Waals surface area contributed by atoms with Crippen LogP contribution in [0.25, 0.3) is 0 Å². The Morgan fingerprint density at radius 1 is 0.857 bits per heavy atom. The number of nitro benzene ring substituents is 1. The Balaban J connectivity index is 1.78. The third-order valence-electron chi connectivity index (χ3n) is 4.53. The van der Waals surface area contributed by atoms with Gasteiger partial charge in [-0.25, -0.2) is 0 Å². The van der Waals surface area contributed by atoms with Crippen LogP contribution in [0.2, 0.25) is 0 Å². The lowest BCUT2D eigenvalue weighted by Gasteiger charge is -2.19. The van der Waals surface area contributed by atoms with Crippen LogP contribution in [0, 0.1) is 10.1 Å². The Morgan fingerprint density at radius 3 is 1.89 bits per heavy atom. The van der Waals surface area contributed by atoms with Crippen molar-refractivity contribution in [1.82, 2.24) is 0 Å². The summed E-state index contributed by atoms with van der Waals surface area (Å²) in [6.45, 7) is 1.30. The summed E-state index contributed by atoms with van der Waals surface area (Å²) in [5.41, 5.74) is 2.48. The molecular formula is C21H28N4O3. The Morgan fingerprint density at radius 2 is 1.36 bits per heavy atom. The Hall–Kier alpha value is -2.80. The predicted molar refractivity (Wildman–Crippen MR) is 112 cm³/mol. The van der Waals surface area contributed by atoms with Gasteiger partial charge in [-0.3, -0.25) is 10.1 Å². The van der Waals surface area contributed by atoms with E-state index < -0.39 is 4.92 Å². The quantitative estimate of drug-likeness (QED) is 0.217. The third kappa shape index (κ3) is 7.44. The molecule has 0 spiro atoms. The molecule has 2 aromatic carbocycles. The highest BCUT2D eigenvalue weighted by atomic mass is 16.6. The molecule has 0 bridgehead atoms. The van der Waals surface area contributed by atoms with Gasteiger partial charge in [0.05, 0.1) is 16.3 Å². The minimum atomic E-state index is -0.437. The van der Waals surface area contributed by atoms with Crippen molar-refractivity contribution in [2.24, 2.45) is 10.2 Å². The van der Waals surface area contributed by atoms with Crippen LogP contribution in [-0.4, -0.2) is 30.2 Å². The van der Waals surface area contributed by atoms with Crippen molar-refractivity contribution >= 4 is 22.7 Å². The van der Waals surface area contributed by atoms with E-state index in [1.54, 1.807) is 12.1 Å². The summed E-state index contributed by atoms with van der Waals surface area (Å²) >= 11 is 0. The van der Waals surface area contributed by atoms with Crippen molar-refractivity contribution in [2.45, 2.75) is 38.5 Å². The standard InChI is InChI=1S/C21H28N4O3/c1-24(16-6-4-2-3-5-7-17-26)20-12-8-18(9-13-20)22-23-19-10-14-21(15-11-19)25(27)28/h8-15,26H,2-7,16-17H2,1H3. The Labute approximate surface area is 165 Å². The summed E-state index contributed by atoms with van der Waals surface area (Å²) in [5, 5.41) is 27.7. The van der Waals surface area contributed by atoms with Crippen molar-refractivity contribution in [3.8, 4) is 0 Å². The van der Waals surface area contributed by atoms with Crippen molar-refractivity contribution in [2.75, 3.05) is 25.1 Å². The number of hydrogen-bond acceptors (Lipinski definition) is 6. The van der Waals surface area contributed by atoms with Crippen molar-refractivity contribution in [1.29, 1.82) is 0 Å². The molecule has 0 unspecified atom stereocenters. The predicted octanol–water partition coefficient (Wildman–Crippen LogP) is 5.78. The van der Waals surface area contributed by atoms with E-state index in [-0.39, 0.29) is 5.69 Å². The van der Waals surface area contributed by atoms with Crippen LogP contribution < -0.4 is 4.90 Å². The second-order valence-electron chi connectivity index (χ2n) is 6.76. The van der Waals surface area contributed by atoms with Crippen molar-refractivity contribution in [3.05, 3.63) is 58.6 Å². The van der Waals surface area contributed by atoms with E-state index in [4.69, 9.17) is 5.11 Å². The van der Waals surface area contributed by atoms with Crippen molar-refractivity contribution in [3.63, 3.8) is 0 Å². The van der Waals surface area contributed by atoms with Crippen LogP contribution in [0.1, 0.15) is 38.5 Å². The molecule has 0 aliphatic carbocycles. The molecule has 0 saturated heterocycles. The van der Waals surface area contributed by atoms with Gasteiger partial charge in [0.2, 0.25) is 0 Å². The van der Waals surface area contributed by atoms with Gasteiger partial charge in [0, 0.05) is 38.0 Å². The molecule has 2 rings (SSSR count). The molecule has 150 valence electrons. The largest absolute Gasteiger partial charge is 0.396 e. The zero-order chi connectivity index (χ0) is 20.2. The molecule has 28 heavy (non-hydrogen) atoms. The van der Waals surface area contributed by atoms with Gasteiger partial charge in [0.1, 0.15) is 0 Å². The van der Waals surface area contributed by atoms with Crippen LogP contribution in [0.5, 0.6) is 0 Å². The van der Waals surface area contributed by atoms with E-state index in [9.17, 15) is 10.1 Å². The summed E-state index contributed by atoms with van der Waals surface area (Å²) in [6.07, 6.45) is 6.79. The van der Waals surface area contributed by atoms with Gasteiger partial charge in [-0.2, -0.15) is 10.2 Å². The van der Waals surface area contributed by atoms with Gasteiger partial charge in [-0.05, 0) is 49.2 Å². The number of hydrogen-bond donors (Lipinski definition) is 1. The van der Waals surface area contributed by atoms with E-state index >= 15 is 0 Å². The second-order valence-corrected chi connectivity index (χ2v) is 6.76. The maximum Gasteiger partial charge on any atom is 0.269 e. The number of anilines is 1. The normalized spacial score (nSPS) is 11.1. The Bertz CT molecular complexity index is 745. The molecule has 0 aliphatic heterocycles. The van der Waals surface area contributed by atoms with Crippen LogP contribution in [0.4, 0.5) is 22.7 Å². The summed E-state index contributed by atoms with van der Waals surface area (Å²) in [6, 6.07) is 13.8. The highest BCUT2D eigenvalue weighted by Gasteiger charge is 2.04. The minimum absolute atomic E-state index is 0.0384. The maximum atomic E-state index is 10.7. The molecule has 0 aromatic heterocycles. The fraction of sp³-hybridized carbons (Fsp3) is 0.429. The molecule has 0 aliphatic rings. The van der Waals surface area contributed by atoms with E-state index in [2.05, 4.69) is 22.2 Å². The zero-order valence-corrected chi connectivity index (χ0v) is 16.3. The molecule has 0 fully saturated rings. The van der Waals surface area contributed by atoms with Gasteiger partial charge in [-0.1, -0.05) is 25.7 Å². The van der Waals surface area contributed by atoms with Gasteiger partial charge in [0.25, 0.3) is 5.69 Å². The van der Waals surface area contributed by atoms with Gasteiger partial charge < -0.3 is 10.0 Å². The minimum Gasteiger partial charge on any atom is -0.396 e. The number of nitro groups is 1. The zero-order valence-electron chi connectivity index (χ0n) is 16.3. The number of unbranched alkanes of at least 4 members (excludes halogenated alkanes) is 5. The molecule has 0 heterocycles. The van der Waals surface area contributed by atoms with E-state index in [1.165, 1.54) is 31.4 Å². The summed E-state index contributed by atoms with van der Waals surface area (Å²) in [4.78, 5) is 12.4. The molecule has 1 N–H and O–H groups in total. The number of benzene rings is 2. The van der Waals surface area contributed by atoms with E-state index in [0.29, 0.717) is 12.3 Å². The third-order valence-corrected chi connectivity index (χ3v) is 4.53. The van der Waals surface area contributed by atoms with Gasteiger partial charge >= 0.3 is 0 Å². The smallest absolute Gasteiger partial charge is 0.269 e. The summed E-state index contributed by atoms with van der Waals surface area (Å²) in [7, 11) is 2.08. The van der Waals surface area contributed by atoms with Gasteiger partial charge in [-0.15, -0.1) is 0 Å². The van der Waals surface area contributed by atoms with E-state index in [1.807, 2.05) is 24.3 Å². The van der Waals surface area contributed by atoms with Crippen LogP contribution in [0.15, 0.2) is 58.8 Å². The van der Waals surface area contributed by atoms with Crippen molar-refractivity contribution < 1.29 is 10.0 Å². The highest BCUT2D eigenvalue weighted by Crippen LogP contribution is 2.23. The van der Waals surface area contributed by atoms with Crippen LogP contribution >= 0.6 is 0 Å². The monoisotopic (exact) mass is 384 g/mol. The summed E-state index contributed by atoms with van der Waals surface area (Å²) in [5.74, 6) is 0.